The third-order valence-electron chi connectivity index (χ3n) is 8.93. The Morgan fingerprint density at radius 3 is 2.33 bits per heavy atom. The highest BCUT2D eigenvalue weighted by atomic mass is 16.1. The number of carbonyl (C=O) groups is 1. The van der Waals surface area contributed by atoms with Crippen molar-refractivity contribution in [1.29, 1.82) is 0 Å². The highest BCUT2D eigenvalue weighted by Gasteiger charge is 2.49. The second-order valence-electron chi connectivity index (χ2n) is 11.3. The van der Waals surface area contributed by atoms with E-state index in [0.717, 1.165) is 48.7 Å². The van der Waals surface area contributed by atoms with Gasteiger partial charge in [-0.15, -0.1) is 13.2 Å². The SMILES string of the molecule is C=C.C=C1C=C2CCC(C3CCC(C)C3CC=O)C(C)C2(C)CC1.C=Nc1ncccc1NCC.CC.CCC. The molecule has 0 aliphatic heterocycles. The summed E-state index contributed by atoms with van der Waals surface area (Å²) in [5.41, 5.74) is 4.30. The van der Waals surface area contributed by atoms with Crippen LogP contribution in [0.2, 0.25) is 0 Å². The zero-order chi connectivity index (χ0) is 30.7. The largest absolute Gasteiger partial charge is 0.382 e. The Morgan fingerprint density at radius 2 is 1.75 bits per heavy atom. The maximum absolute atomic E-state index is 11.1. The number of allylic oxidation sites excluding steroid dienone is 3. The average Bonchev–Trinajstić information content (AvgIpc) is 3.33. The maximum Gasteiger partial charge on any atom is 0.174 e. The lowest BCUT2D eigenvalue weighted by Crippen LogP contribution is -2.42. The van der Waals surface area contributed by atoms with Crippen LogP contribution >= 0.6 is 0 Å². The summed E-state index contributed by atoms with van der Waals surface area (Å²) in [6.45, 7) is 32.1. The zero-order valence-corrected chi connectivity index (χ0v) is 27.3. The number of nitrogens with one attached hydrogen (secondary N) is 1. The molecule has 0 aromatic carbocycles. The molecule has 0 spiro atoms. The van der Waals surface area contributed by atoms with Crippen molar-refractivity contribution in [3.05, 3.63) is 55.3 Å². The van der Waals surface area contributed by atoms with Crippen molar-refractivity contribution >= 4 is 24.5 Å². The van der Waals surface area contributed by atoms with E-state index in [-0.39, 0.29) is 0 Å². The van der Waals surface area contributed by atoms with E-state index in [4.69, 9.17) is 0 Å². The number of nitrogens with zero attached hydrogens (tertiary/aromatic N) is 2. The Kier molecular flexibility index (Phi) is 19.1. The van der Waals surface area contributed by atoms with Crippen molar-refractivity contribution in [2.75, 3.05) is 11.9 Å². The molecule has 6 unspecified atom stereocenters. The number of rotatable bonds is 6. The fourth-order valence-corrected chi connectivity index (χ4v) is 6.78. The summed E-state index contributed by atoms with van der Waals surface area (Å²) in [7, 11) is 0. The lowest BCUT2D eigenvalue weighted by atomic mass is 9.53. The summed E-state index contributed by atoms with van der Waals surface area (Å²) >= 11 is 0. The van der Waals surface area contributed by atoms with Crippen molar-refractivity contribution < 1.29 is 4.79 Å². The van der Waals surface area contributed by atoms with E-state index in [0.29, 0.717) is 17.2 Å². The zero-order valence-electron chi connectivity index (χ0n) is 27.3. The first-order chi connectivity index (χ1) is 19.3. The van der Waals surface area contributed by atoms with Crippen molar-refractivity contribution in [3.63, 3.8) is 0 Å². The Bertz CT molecular complexity index is 907. The van der Waals surface area contributed by atoms with Crippen LogP contribution in [0.25, 0.3) is 0 Å². The number of anilines is 1. The third-order valence-corrected chi connectivity index (χ3v) is 8.93. The highest BCUT2D eigenvalue weighted by molar-refractivity contribution is 5.62. The first-order valence-corrected chi connectivity index (χ1v) is 15.7. The summed E-state index contributed by atoms with van der Waals surface area (Å²) < 4.78 is 0. The van der Waals surface area contributed by atoms with Gasteiger partial charge in [-0.1, -0.05) is 85.1 Å². The van der Waals surface area contributed by atoms with Crippen LogP contribution in [0, 0.1) is 35.0 Å². The first kappa shape index (κ1) is 37.5. The molecular weight excluding hydrogens is 490 g/mol. The maximum atomic E-state index is 11.1. The number of pyridine rings is 1. The predicted octanol–water partition coefficient (Wildman–Crippen LogP) is 10.7. The van der Waals surface area contributed by atoms with Gasteiger partial charge in [-0.25, -0.2) is 9.98 Å². The second kappa shape index (κ2) is 20.4. The number of fused-ring (bicyclic) bond motifs is 1. The molecule has 226 valence electrons. The van der Waals surface area contributed by atoms with Crippen LogP contribution in [0.5, 0.6) is 0 Å². The van der Waals surface area contributed by atoms with Gasteiger partial charge in [0.05, 0.1) is 5.69 Å². The Labute approximate surface area is 248 Å². The number of hydrogen-bond acceptors (Lipinski definition) is 4. The van der Waals surface area contributed by atoms with Gasteiger partial charge < -0.3 is 10.1 Å². The molecule has 1 heterocycles. The molecular formula is C36H61N3O. The number of aliphatic imine (C=N–C) groups is 1. The van der Waals surface area contributed by atoms with Gasteiger partial charge in [0, 0.05) is 19.2 Å². The van der Waals surface area contributed by atoms with Gasteiger partial charge in [0.15, 0.2) is 5.82 Å². The summed E-state index contributed by atoms with van der Waals surface area (Å²) in [6.07, 6.45) is 15.0. The van der Waals surface area contributed by atoms with Crippen molar-refractivity contribution in [2.45, 2.75) is 107 Å². The third kappa shape index (κ3) is 10.2. The number of carbonyl (C=O) groups excluding carboxylic acids is 1. The highest BCUT2D eigenvalue weighted by Crippen LogP contribution is 2.58. The normalized spacial score (nSPS) is 28.1. The molecule has 0 saturated heterocycles. The summed E-state index contributed by atoms with van der Waals surface area (Å²) in [4.78, 5) is 18.9. The summed E-state index contributed by atoms with van der Waals surface area (Å²) in [6, 6.07) is 3.80. The monoisotopic (exact) mass is 551 g/mol. The minimum atomic E-state index is 0.377. The Hall–Kier alpha value is -2.49. The number of aldehydes is 1. The Balaban J connectivity index is 0.000000710. The molecule has 0 radical (unpaired) electrons. The van der Waals surface area contributed by atoms with Gasteiger partial charge in [0.2, 0.25) is 0 Å². The van der Waals surface area contributed by atoms with E-state index in [1.807, 2.05) is 32.9 Å². The van der Waals surface area contributed by atoms with Crippen LogP contribution in [-0.4, -0.2) is 24.5 Å². The molecule has 3 aliphatic rings. The molecule has 3 aliphatic carbocycles. The number of aromatic nitrogens is 1. The molecule has 40 heavy (non-hydrogen) atoms. The van der Waals surface area contributed by atoms with E-state index in [2.05, 4.69) is 82.4 Å². The minimum Gasteiger partial charge on any atom is -0.382 e. The van der Waals surface area contributed by atoms with Gasteiger partial charge in [0.1, 0.15) is 6.29 Å². The molecule has 1 aromatic rings. The molecule has 2 fully saturated rings. The van der Waals surface area contributed by atoms with E-state index < -0.39 is 0 Å². The molecule has 4 nitrogen and oxygen atoms in total. The van der Waals surface area contributed by atoms with E-state index in [1.165, 1.54) is 50.4 Å². The molecule has 1 aromatic heterocycles. The van der Waals surface area contributed by atoms with Crippen LogP contribution in [-0.2, 0) is 4.79 Å². The quantitative estimate of drug-likeness (QED) is 0.217. The standard InChI is InChI=1S/C21H32O.C8H11N3.C3H8.C2H6.C2H4/c1-14-9-11-21(4)16(3)19(8-6-17(21)13-14)20-7-5-15(2)18(20)10-12-22;1-3-10-7-5-4-6-11-8(7)9-2;1-3-2;2*1-2/h12-13,15-16,18-20H,1,5-11H2,2-4H3;4-6,10H,2-3H2,1H3;3H2,1-2H3;1-2H3;1-2H2. The molecule has 0 bridgehead atoms. The predicted molar refractivity (Wildman–Crippen MR) is 179 cm³/mol. The van der Waals surface area contributed by atoms with Gasteiger partial charge in [0.25, 0.3) is 0 Å². The fraction of sp³-hybridized carbons (Fsp3) is 0.639. The fourth-order valence-electron chi connectivity index (χ4n) is 6.78. The van der Waals surface area contributed by atoms with E-state index in [9.17, 15) is 4.79 Å². The van der Waals surface area contributed by atoms with E-state index >= 15 is 0 Å². The van der Waals surface area contributed by atoms with Crippen LogP contribution in [0.15, 0.2) is 60.3 Å². The second-order valence-corrected chi connectivity index (χ2v) is 11.3. The average molecular weight is 552 g/mol. The molecule has 2 saturated carbocycles. The minimum absolute atomic E-state index is 0.377. The summed E-state index contributed by atoms with van der Waals surface area (Å²) in [5, 5.41) is 3.13. The van der Waals surface area contributed by atoms with Gasteiger partial charge in [-0.2, -0.15) is 0 Å². The lowest BCUT2D eigenvalue weighted by Gasteiger charge is -2.51. The van der Waals surface area contributed by atoms with Gasteiger partial charge in [-0.3, -0.25) is 0 Å². The topological polar surface area (TPSA) is 54.4 Å². The number of hydrogen-bond donors (Lipinski definition) is 1. The molecule has 0 amide bonds. The van der Waals surface area contributed by atoms with Crippen molar-refractivity contribution in [2.24, 2.45) is 40.0 Å². The van der Waals surface area contributed by atoms with Crippen molar-refractivity contribution in [3.8, 4) is 0 Å². The molecule has 4 heteroatoms. The van der Waals surface area contributed by atoms with Gasteiger partial charge in [-0.05, 0) is 92.9 Å². The first-order valence-electron chi connectivity index (χ1n) is 15.7. The van der Waals surface area contributed by atoms with Gasteiger partial charge >= 0.3 is 0 Å². The van der Waals surface area contributed by atoms with Crippen LogP contribution < -0.4 is 5.32 Å². The van der Waals surface area contributed by atoms with Crippen molar-refractivity contribution in [1.82, 2.24) is 4.98 Å². The smallest absolute Gasteiger partial charge is 0.174 e. The Morgan fingerprint density at radius 1 is 1.10 bits per heavy atom. The lowest BCUT2D eigenvalue weighted by molar-refractivity contribution is -0.109. The van der Waals surface area contributed by atoms with Crippen LogP contribution in [0.4, 0.5) is 11.5 Å². The molecule has 4 rings (SSSR count). The van der Waals surface area contributed by atoms with E-state index in [1.54, 1.807) is 11.8 Å². The molecule has 6 atom stereocenters. The van der Waals surface area contributed by atoms with Crippen LogP contribution in [0.3, 0.4) is 0 Å². The summed E-state index contributed by atoms with van der Waals surface area (Å²) in [5.74, 6) is 4.36. The van der Waals surface area contributed by atoms with Crippen LogP contribution in [0.1, 0.15) is 107 Å². The molecule has 1 N–H and O–H groups in total.